The second-order valence-corrected chi connectivity index (χ2v) is 3.95. The molecule has 0 aliphatic heterocycles. The minimum atomic E-state index is 0.450. The number of aromatic amines is 1. The number of benzene rings is 1. The van der Waals surface area contributed by atoms with Crippen LogP contribution >= 0.6 is 0 Å². The van der Waals surface area contributed by atoms with Gasteiger partial charge >= 0.3 is 0 Å². The molecule has 2 rings (SSSR count). The molecule has 0 saturated heterocycles. The molecule has 0 unspecified atom stereocenters. The van der Waals surface area contributed by atoms with Gasteiger partial charge in [0.1, 0.15) is 0 Å². The Labute approximate surface area is 106 Å². The lowest BCUT2D eigenvalue weighted by Gasteiger charge is -2.09. The molecule has 96 valence electrons. The zero-order valence-corrected chi connectivity index (χ0v) is 10.8. The van der Waals surface area contributed by atoms with Crippen LogP contribution in [0.2, 0.25) is 0 Å². The molecule has 1 heterocycles. The highest BCUT2D eigenvalue weighted by molar-refractivity contribution is 5.67. The van der Waals surface area contributed by atoms with Gasteiger partial charge in [-0.2, -0.15) is 5.10 Å². The minimum absolute atomic E-state index is 0.450. The number of ether oxygens (including phenoxy) is 2. The van der Waals surface area contributed by atoms with Gasteiger partial charge < -0.3 is 15.2 Å². The van der Waals surface area contributed by atoms with Crippen LogP contribution in [0.25, 0.3) is 11.3 Å². The van der Waals surface area contributed by atoms with Crippen molar-refractivity contribution in [3.8, 4) is 22.8 Å². The topological polar surface area (TPSA) is 73.2 Å². The van der Waals surface area contributed by atoms with Gasteiger partial charge in [0, 0.05) is 23.4 Å². The fourth-order valence-electron chi connectivity index (χ4n) is 1.92. The standard InChI is InChI=1S/C13H17N3O2/c1-8-10(7-14)13(16-15-8)9-4-5-11(17-2)12(6-9)18-3/h4-6H,7,14H2,1-3H3,(H,15,16). The first-order chi connectivity index (χ1) is 8.71. The van der Waals surface area contributed by atoms with E-state index >= 15 is 0 Å². The van der Waals surface area contributed by atoms with Crippen LogP contribution in [-0.4, -0.2) is 24.4 Å². The number of methoxy groups -OCH3 is 2. The van der Waals surface area contributed by atoms with Crippen LogP contribution in [0, 0.1) is 6.92 Å². The first-order valence-electron chi connectivity index (χ1n) is 5.67. The van der Waals surface area contributed by atoms with E-state index in [2.05, 4.69) is 10.2 Å². The Morgan fingerprint density at radius 3 is 2.56 bits per heavy atom. The maximum Gasteiger partial charge on any atom is 0.161 e. The van der Waals surface area contributed by atoms with E-state index in [-0.39, 0.29) is 0 Å². The summed E-state index contributed by atoms with van der Waals surface area (Å²) in [6.07, 6.45) is 0. The largest absolute Gasteiger partial charge is 0.493 e. The number of aromatic nitrogens is 2. The average Bonchev–Trinajstić information content (AvgIpc) is 2.78. The van der Waals surface area contributed by atoms with Crippen LogP contribution < -0.4 is 15.2 Å². The number of hydrogen-bond donors (Lipinski definition) is 2. The van der Waals surface area contributed by atoms with E-state index in [1.54, 1.807) is 14.2 Å². The van der Waals surface area contributed by atoms with Crippen molar-refractivity contribution in [3.63, 3.8) is 0 Å². The summed E-state index contributed by atoms with van der Waals surface area (Å²) in [6, 6.07) is 5.70. The monoisotopic (exact) mass is 247 g/mol. The van der Waals surface area contributed by atoms with Crippen LogP contribution in [0.15, 0.2) is 18.2 Å². The van der Waals surface area contributed by atoms with Crippen molar-refractivity contribution in [3.05, 3.63) is 29.5 Å². The first-order valence-corrected chi connectivity index (χ1v) is 5.67. The van der Waals surface area contributed by atoms with Gasteiger partial charge in [0.15, 0.2) is 11.5 Å². The molecule has 0 radical (unpaired) electrons. The second kappa shape index (κ2) is 5.10. The summed E-state index contributed by atoms with van der Waals surface area (Å²) >= 11 is 0. The zero-order chi connectivity index (χ0) is 13.1. The van der Waals surface area contributed by atoms with Crippen molar-refractivity contribution in [2.45, 2.75) is 13.5 Å². The van der Waals surface area contributed by atoms with Crippen molar-refractivity contribution < 1.29 is 9.47 Å². The lowest BCUT2D eigenvalue weighted by atomic mass is 10.1. The highest BCUT2D eigenvalue weighted by Gasteiger charge is 2.13. The van der Waals surface area contributed by atoms with Crippen molar-refractivity contribution in [1.82, 2.24) is 10.2 Å². The van der Waals surface area contributed by atoms with E-state index in [4.69, 9.17) is 15.2 Å². The summed E-state index contributed by atoms with van der Waals surface area (Å²) in [5.74, 6) is 1.38. The predicted octanol–water partition coefficient (Wildman–Crippen LogP) is 1.86. The fraction of sp³-hybridized carbons (Fsp3) is 0.308. The van der Waals surface area contributed by atoms with Crippen molar-refractivity contribution in [2.24, 2.45) is 5.73 Å². The van der Waals surface area contributed by atoms with E-state index in [1.165, 1.54) is 0 Å². The van der Waals surface area contributed by atoms with Gasteiger partial charge in [-0.3, -0.25) is 5.10 Å². The third-order valence-electron chi connectivity index (χ3n) is 2.94. The number of rotatable bonds is 4. The van der Waals surface area contributed by atoms with Crippen molar-refractivity contribution in [2.75, 3.05) is 14.2 Å². The normalized spacial score (nSPS) is 10.4. The van der Waals surface area contributed by atoms with E-state index < -0.39 is 0 Å². The molecule has 0 amide bonds. The Morgan fingerprint density at radius 2 is 1.94 bits per heavy atom. The smallest absolute Gasteiger partial charge is 0.161 e. The summed E-state index contributed by atoms with van der Waals surface area (Å²) in [7, 11) is 3.23. The second-order valence-electron chi connectivity index (χ2n) is 3.95. The van der Waals surface area contributed by atoms with E-state index in [0.717, 1.165) is 22.5 Å². The average molecular weight is 247 g/mol. The fourth-order valence-corrected chi connectivity index (χ4v) is 1.92. The summed E-state index contributed by atoms with van der Waals surface area (Å²) in [6.45, 7) is 2.41. The van der Waals surface area contributed by atoms with E-state index in [1.807, 2.05) is 25.1 Å². The van der Waals surface area contributed by atoms with Gasteiger partial charge in [-0.05, 0) is 25.1 Å². The van der Waals surface area contributed by atoms with Crippen LogP contribution in [-0.2, 0) is 6.54 Å². The highest BCUT2D eigenvalue weighted by Crippen LogP contribution is 2.33. The summed E-state index contributed by atoms with van der Waals surface area (Å²) in [5.41, 5.74) is 9.56. The molecule has 3 N–H and O–H groups in total. The van der Waals surface area contributed by atoms with Crippen molar-refractivity contribution in [1.29, 1.82) is 0 Å². The van der Waals surface area contributed by atoms with Crippen LogP contribution in [0.1, 0.15) is 11.3 Å². The van der Waals surface area contributed by atoms with Gasteiger partial charge in [0.05, 0.1) is 19.9 Å². The molecule has 0 atom stereocenters. The van der Waals surface area contributed by atoms with Crippen LogP contribution in [0.5, 0.6) is 11.5 Å². The molecule has 0 spiro atoms. The lowest BCUT2D eigenvalue weighted by Crippen LogP contribution is -1.99. The summed E-state index contributed by atoms with van der Waals surface area (Å²) in [4.78, 5) is 0. The Bertz CT molecular complexity index is 549. The predicted molar refractivity (Wildman–Crippen MR) is 69.8 cm³/mol. The maximum absolute atomic E-state index is 5.74. The third-order valence-corrected chi connectivity index (χ3v) is 2.94. The number of H-pyrrole nitrogens is 1. The molecule has 5 heteroatoms. The summed E-state index contributed by atoms with van der Waals surface area (Å²) < 4.78 is 10.5. The number of aryl methyl sites for hydroxylation is 1. The molecule has 18 heavy (non-hydrogen) atoms. The molecular weight excluding hydrogens is 230 g/mol. The lowest BCUT2D eigenvalue weighted by molar-refractivity contribution is 0.355. The van der Waals surface area contributed by atoms with E-state index in [0.29, 0.717) is 18.0 Å². The van der Waals surface area contributed by atoms with Gasteiger partial charge in [-0.25, -0.2) is 0 Å². The number of nitrogens with zero attached hydrogens (tertiary/aromatic N) is 1. The SMILES string of the molecule is COc1ccc(-c2n[nH]c(C)c2CN)cc1OC. The first kappa shape index (κ1) is 12.4. The van der Waals surface area contributed by atoms with Gasteiger partial charge in [0.2, 0.25) is 0 Å². The number of nitrogens with two attached hydrogens (primary N) is 1. The molecular formula is C13H17N3O2. The zero-order valence-electron chi connectivity index (χ0n) is 10.8. The Kier molecular flexibility index (Phi) is 3.53. The molecule has 1 aromatic carbocycles. The van der Waals surface area contributed by atoms with Crippen LogP contribution in [0.4, 0.5) is 0 Å². The Hall–Kier alpha value is -2.01. The molecule has 0 fully saturated rings. The molecule has 0 aliphatic carbocycles. The van der Waals surface area contributed by atoms with Crippen LogP contribution in [0.3, 0.4) is 0 Å². The Morgan fingerprint density at radius 1 is 1.22 bits per heavy atom. The molecule has 0 saturated carbocycles. The quantitative estimate of drug-likeness (QED) is 0.865. The van der Waals surface area contributed by atoms with Crippen molar-refractivity contribution >= 4 is 0 Å². The number of hydrogen-bond acceptors (Lipinski definition) is 4. The van der Waals surface area contributed by atoms with Gasteiger partial charge in [-0.1, -0.05) is 0 Å². The third kappa shape index (κ3) is 2.04. The number of nitrogens with one attached hydrogen (secondary N) is 1. The highest BCUT2D eigenvalue weighted by atomic mass is 16.5. The van der Waals surface area contributed by atoms with Gasteiger partial charge in [-0.15, -0.1) is 0 Å². The maximum atomic E-state index is 5.74. The van der Waals surface area contributed by atoms with E-state index in [9.17, 15) is 0 Å². The molecule has 0 bridgehead atoms. The minimum Gasteiger partial charge on any atom is -0.493 e. The molecule has 0 aliphatic rings. The van der Waals surface area contributed by atoms with Gasteiger partial charge in [0.25, 0.3) is 0 Å². The summed E-state index contributed by atoms with van der Waals surface area (Å²) in [5, 5.41) is 7.24. The Balaban J connectivity index is 2.50. The molecule has 1 aromatic heterocycles. The molecule has 2 aromatic rings. The molecule has 5 nitrogen and oxygen atoms in total.